The molecule has 2 heterocycles. The molecule has 0 radical (unpaired) electrons. The minimum atomic E-state index is -0.404. The Morgan fingerprint density at radius 2 is 1.90 bits per heavy atom. The molecule has 30 heavy (non-hydrogen) atoms. The van der Waals surface area contributed by atoms with E-state index in [1.165, 1.54) is 17.4 Å². The van der Waals surface area contributed by atoms with Crippen LogP contribution in [0, 0.1) is 5.82 Å². The van der Waals surface area contributed by atoms with Crippen LogP contribution in [0.5, 0.6) is 0 Å². The molecule has 1 aromatic heterocycles. The van der Waals surface area contributed by atoms with Crippen LogP contribution in [0.25, 0.3) is 10.1 Å². The third-order valence-electron chi connectivity index (χ3n) is 5.27. The van der Waals surface area contributed by atoms with Crippen molar-refractivity contribution in [2.45, 2.75) is 12.5 Å². The van der Waals surface area contributed by atoms with Crippen molar-refractivity contribution in [3.63, 3.8) is 0 Å². The maximum Gasteiger partial charge on any atom is 0.263 e. The zero-order chi connectivity index (χ0) is 21.3. The van der Waals surface area contributed by atoms with Crippen molar-refractivity contribution in [1.82, 2.24) is 9.80 Å². The Kier molecular flexibility index (Phi) is 5.83. The predicted molar refractivity (Wildman–Crippen MR) is 115 cm³/mol. The highest BCUT2D eigenvalue weighted by Gasteiger charge is 2.32. The molecule has 7 heteroatoms. The van der Waals surface area contributed by atoms with E-state index in [9.17, 15) is 14.0 Å². The van der Waals surface area contributed by atoms with Crippen molar-refractivity contribution in [2.75, 3.05) is 33.8 Å². The fraction of sp³-hybridized carbons (Fsp3) is 0.304. The van der Waals surface area contributed by atoms with E-state index >= 15 is 0 Å². The fourth-order valence-electron chi connectivity index (χ4n) is 3.71. The number of benzene rings is 2. The normalized spacial score (nSPS) is 16.6. The number of morpholine rings is 1. The number of amides is 2. The van der Waals surface area contributed by atoms with Crippen LogP contribution in [0.15, 0.2) is 48.5 Å². The molecule has 156 valence electrons. The minimum absolute atomic E-state index is 0.00721. The molecule has 0 unspecified atom stereocenters. The Hall–Kier alpha value is -2.77. The average Bonchev–Trinajstić information content (AvgIpc) is 3.14. The van der Waals surface area contributed by atoms with E-state index < -0.39 is 6.10 Å². The van der Waals surface area contributed by atoms with Gasteiger partial charge in [0.25, 0.3) is 5.91 Å². The maximum atomic E-state index is 14.0. The lowest BCUT2D eigenvalue weighted by atomic mass is 10.0. The SMILES string of the molecule is CN(C)C(=O)c1sc2ccccc2c1[C@H]1CN(C(=O)Cc2ccccc2F)CCO1. The molecule has 2 aromatic carbocycles. The Labute approximate surface area is 178 Å². The molecule has 1 aliphatic rings. The predicted octanol–water partition coefficient (Wildman–Crippen LogP) is 3.88. The molecule has 1 aliphatic heterocycles. The van der Waals surface area contributed by atoms with E-state index in [4.69, 9.17) is 4.74 Å². The van der Waals surface area contributed by atoms with E-state index in [0.717, 1.165) is 15.6 Å². The van der Waals surface area contributed by atoms with E-state index in [1.54, 1.807) is 42.1 Å². The largest absolute Gasteiger partial charge is 0.370 e. The molecule has 4 rings (SSSR count). The van der Waals surface area contributed by atoms with Gasteiger partial charge >= 0.3 is 0 Å². The van der Waals surface area contributed by atoms with Crippen LogP contribution in [-0.4, -0.2) is 55.4 Å². The Morgan fingerprint density at radius 1 is 1.17 bits per heavy atom. The second-order valence-electron chi connectivity index (χ2n) is 7.51. The van der Waals surface area contributed by atoms with Crippen molar-refractivity contribution < 1.29 is 18.7 Å². The molecule has 1 fully saturated rings. The first-order chi connectivity index (χ1) is 14.5. The molecule has 0 saturated carbocycles. The average molecular weight is 427 g/mol. The van der Waals surface area contributed by atoms with Crippen molar-refractivity contribution in [3.8, 4) is 0 Å². The summed E-state index contributed by atoms with van der Waals surface area (Å²) in [4.78, 5) is 29.6. The van der Waals surface area contributed by atoms with Crippen LogP contribution in [-0.2, 0) is 16.0 Å². The summed E-state index contributed by atoms with van der Waals surface area (Å²) in [5.74, 6) is -0.601. The highest BCUT2D eigenvalue weighted by Crippen LogP contribution is 2.38. The summed E-state index contributed by atoms with van der Waals surface area (Å²) >= 11 is 1.44. The van der Waals surface area contributed by atoms with Gasteiger partial charge in [0.05, 0.1) is 24.4 Å². The first kappa shape index (κ1) is 20.5. The number of halogens is 1. The molecule has 0 spiro atoms. The number of rotatable bonds is 4. The van der Waals surface area contributed by atoms with Crippen molar-refractivity contribution in [1.29, 1.82) is 0 Å². The quantitative estimate of drug-likeness (QED) is 0.636. The second-order valence-corrected chi connectivity index (χ2v) is 8.56. The highest BCUT2D eigenvalue weighted by molar-refractivity contribution is 7.21. The molecule has 5 nitrogen and oxygen atoms in total. The first-order valence-corrected chi connectivity index (χ1v) is 10.6. The van der Waals surface area contributed by atoms with E-state index in [2.05, 4.69) is 0 Å². The number of hydrogen-bond acceptors (Lipinski definition) is 4. The number of hydrogen-bond donors (Lipinski definition) is 0. The van der Waals surface area contributed by atoms with Gasteiger partial charge < -0.3 is 14.5 Å². The van der Waals surface area contributed by atoms with Gasteiger partial charge in [0, 0.05) is 30.9 Å². The van der Waals surface area contributed by atoms with Crippen molar-refractivity contribution in [3.05, 3.63) is 70.4 Å². The van der Waals surface area contributed by atoms with Gasteiger partial charge in [0.1, 0.15) is 11.9 Å². The van der Waals surface area contributed by atoms with Crippen LogP contribution in [0.4, 0.5) is 4.39 Å². The standard InChI is InChI=1S/C23H23FN2O3S/c1-25(2)23(28)22-21(16-8-4-6-10-19(16)30-22)18-14-26(11-12-29-18)20(27)13-15-7-3-5-9-17(15)24/h3-10,18H,11-14H2,1-2H3/t18-/m1/s1. The summed E-state index contributed by atoms with van der Waals surface area (Å²) in [6, 6.07) is 14.2. The summed E-state index contributed by atoms with van der Waals surface area (Å²) in [7, 11) is 3.45. The summed E-state index contributed by atoms with van der Waals surface area (Å²) < 4.78 is 21.0. The lowest BCUT2D eigenvalue weighted by Gasteiger charge is -2.33. The summed E-state index contributed by atoms with van der Waals surface area (Å²) in [6.45, 7) is 1.15. The molecule has 3 aromatic rings. The molecule has 1 saturated heterocycles. The number of ether oxygens (including phenoxy) is 1. The molecule has 0 aliphatic carbocycles. The molecule has 0 N–H and O–H groups in total. The van der Waals surface area contributed by atoms with Gasteiger partial charge in [0.15, 0.2) is 0 Å². The lowest BCUT2D eigenvalue weighted by Crippen LogP contribution is -2.43. The number of carbonyl (C=O) groups excluding carboxylic acids is 2. The van der Waals surface area contributed by atoms with Gasteiger partial charge in [-0.3, -0.25) is 9.59 Å². The van der Waals surface area contributed by atoms with E-state index in [1.807, 2.05) is 24.3 Å². The van der Waals surface area contributed by atoms with Crippen LogP contribution < -0.4 is 0 Å². The second kappa shape index (κ2) is 8.53. The first-order valence-electron chi connectivity index (χ1n) is 9.81. The zero-order valence-corrected chi connectivity index (χ0v) is 17.7. The third kappa shape index (κ3) is 3.95. The lowest BCUT2D eigenvalue weighted by molar-refractivity contribution is -0.138. The minimum Gasteiger partial charge on any atom is -0.370 e. The topological polar surface area (TPSA) is 49.9 Å². The summed E-state index contributed by atoms with van der Waals surface area (Å²) in [5, 5.41) is 0.973. The van der Waals surface area contributed by atoms with Gasteiger partial charge in [0.2, 0.25) is 5.91 Å². The number of thiophene rings is 1. The van der Waals surface area contributed by atoms with Crippen molar-refractivity contribution >= 4 is 33.2 Å². The fourth-order valence-corrected chi connectivity index (χ4v) is 4.99. The molecule has 0 bridgehead atoms. The summed E-state index contributed by atoms with van der Waals surface area (Å²) in [6.07, 6.45) is -0.397. The van der Waals surface area contributed by atoms with Gasteiger partial charge in [-0.25, -0.2) is 4.39 Å². The molecule has 1 atom stereocenters. The van der Waals surface area contributed by atoms with E-state index in [0.29, 0.717) is 30.1 Å². The molecular formula is C23H23FN2O3S. The van der Waals surface area contributed by atoms with Gasteiger partial charge in [-0.1, -0.05) is 36.4 Å². The monoisotopic (exact) mass is 426 g/mol. The zero-order valence-electron chi connectivity index (χ0n) is 16.9. The molecule has 2 amide bonds. The third-order valence-corrected chi connectivity index (χ3v) is 6.45. The Bertz CT molecular complexity index is 1090. The van der Waals surface area contributed by atoms with Gasteiger partial charge in [-0.15, -0.1) is 11.3 Å². The Balaban J connectivity index is 1.62. The van der Waals surface area contributed by atoms with Gasteiger partial charge in [-0.2, -0.15) is 0 Å². The Morgan fingerprint density at radius 3 is 2.67 bits per heavy atom. The van der Waals surface area contributed by atoms with Crippen LogP contribution in [0.1, 0.15) is 26.9 Å². The maximum absolute atomic E-state index is 14.0. The molecular weight excluding hydrogens is 403 g/mol. The smallest absolute Gasteiger partial charge is 0.263 e. The van der Waals surface area contributed by atoms with Crippen LogP contribution >= 0.6 is 11.3 Å². The number of carbonyl (C=O) groups is 2. The van der Waals surface area contributed by atoms with E-state index in [-0.39, 0.29) is 24.1 Å². The van der Waals surface area contributed by atoms with Crippen molar-refractivity contribution in [2.24, 2.45) is 0 Å². The summed E-state index contributed by atoms with van der Waals surface area (Å²) in [5.41, 5.74) is 1.22. The van der Waals surface area contributed by atoms with Gasteiger partial charge in [-0.05, 0) is 23.1 Å². The number of fused-ring (bicyclic) bond motifs is 1. The van der Waals surface area contributed by atoms with Crippen LogP contribution in [0.2, 0.25) is 0 Å². The highest BCUT2D eigenvalue weighted by atomic mass is 32.1. The number of nitrogens with zero attached hydrogens (tertiary/aromatic N) is 2. The van der Waals surface area contributed by atoms with Crippen LogP contribution in [0.3, 0.4) is 0 Å².